The molecule has 1 aliphatic rings. The Balaban J connectivity index is 1.78. The van der Waals surface area contributed by atoms with Gasteiger partial charge in [-0.3, -0.25) is 19.5 Å². The van der Waals surface area contributed by atoms with Crippen LogP contribution in [0.15, 0.2) is 36.7 Å². The summed E-state index contributed by atoms with van der Waals surface area (Å²) in [6, 6.07) is 7.55. The number of amides is 2. The lowest BCUT2D eigenvalue weighted by molar-refractivity contribution is -0.137. The number of imide groups is 1. The highest BCUT2D eigenvalue weighted by atomic mass is 16.2. The van der Waals surface area contributed by atoms with Crippen LogP contribution in [0.1, 0.15) is 12.0 Å². The Bertz CT molecular complexity index is 678. The molecule has 0 bridgehead atoms. The first-order valence-corrected chi connectivity index (χ1v) is 6.52. The standard InChI is InChI=1S/C15H15N3O2/c1-18-14(19)6-13(15(18)20)17-9-11-8-16-7-10-4-2-3-5-12(10)11/h2-5,7-8,13,17H,6,9H2,1H3. The summed E-state index contributed by atoms with van der Waals surface area (Å²) in [4.78, 5) is 28.7. The van der Waals surface area contributed by atoms with Crippen molar-refractivity contribution < 1.29 is 9.59 Å². The van der Waals surface area contributed by atoms with Crippen LogP contribution in [-0.4, -0.2) is 34.8 Å². The summed E-state index contributed by atoms with van der Waals surface area (Å²) in [6.07, 6.45) is 3.84. The minimum atomic E-state index is -0.425. The van der Waals surface area contributed by atoms with Gasteiger partial charge < -0.3 is 5.32 Å². The average Bonchev–Trinajstić information content (AvgIpc) is 2.72. The number of likely N-dealkylation sites (N-methyl/N-ethyl adjacent to an activating group) is 1. The monoisotopic (exact) mass is 269 g/mol. The van der Waals surface area contributed by atoms with E-state index in [0.717, 1.165) is 16.3 Å². The molecule has 3 rings (SSSR count). The second-order valence-electron chi connectivity index (χ2n) is 4.95. The lowest BCUT2D eigenvalue weighted by Gasteiger charge is -2.12. The Kier molecular flexibility index (Phi) is 3.20. The highest BCUT2D eigenvalue weighted by molar-refractivity contribution is 6.05. The minimum absolute atomic E-state index is 0.136. The number of carbonyl (C=O) groups is 2. The Labute approximate surface area is 116 Å². The molecule has 2 aromatic rings. The van der Waals surface area contributed by atoms with E-state index in [2.05, 4.69) is 10.3 Å². The molecule has 2 heterocycles. The maximum absolute atomic E-state index is 11.8. The molecule has 0 radical (unpaired) electrons. The molecule has 1 unspecified atom stereocenters. The Morgan fingerprint density at radius 3 is 2.85 bits per heavy atom. The average molecular weight is 269 g/mol. The molecule has 1 aromatic carbocycles. The van der Waals surface area contributed by atoms with Gasteiger partial charge in [0.05, 0.1) is 12.5 Å². The van der Waals surface area contributed by atoms with Crippen LogP contribution < -0.4 is 5.32 Å². The summed E-state index contributed by atoms with van der Waals surface area (Å²) in [5.41, 5.74) is 1.03. The van der Waals surface area contributed by atoms with Gasteiger partial charge in [-0.05, 0) is 10.9 Å². The molecule has 0 aliphatic carbocycles. The summed E-state index contributed by atoms with van der Waals surface area (Å²) < 4.78 is 0. The molecule has 2 amide bonds. The van der Waals surface area contributed by atoms with Crippen molar-refractivity contribution in [3.05, 3.63) is 42.2 Å². The fraction of sp³-hybridized carbons (Fsp3) is 0.267. The van der Waals surface area contributed by atoms with E-state index in [1.165, 1.54) is 11.9 Å². The van der Waals surface area contributed by atoms with Crippen LogP contribution in [0.3, 0.4) is 0 Å². The van der Waals surface area contributed by atoms with Crippen LogP contribution in [-0.2, 0) is 16.1 Å². The van der Waals surface area contributed by atoms with E-state index in [1.807, 2.05) is 30.5 Å². The van der Waals surface area contributed by atoms with Crippen LogP contribution >= 0.6 is 0 Å². The molecule has 5 heteroatoms. The quantitative estimate of drug-likeness (QED) is 0.847. The zero-order valence-electron chi connectivity index (χ0n) is 11.2. The molecule has 20 heavy (non-hydrogen) atoms. The van der Waals surface area contributed by atoms with Crippen LogP contribution in [0, 0.1) is 0 Å². The lowest BCUT2D eigenvalue weighted by Crippen LogP contribution is -2.36. The zero-order valence-corrected chi connectivity index (χ0v) is 11.2. The third-order valence-electron chi connectivity index (χ3n) is 3.67. The van der Waals surface area contributed by atoms with Gasteiger partial charge in [-0.1, -0.05) is 24.3 Å². The van der Waals surface area contributed by atoms with Gasteiger partial charge in [0, 0.05) is 31.4 Å². The first-order valence-electron chi connectivity index (χ1n) is 6.52. The number of likely N-dealkylation sites (tertiary alicyclic amines) is 1. The topological polar surface area (TPSA) is 62.3 Å². The van der Waals surface area contributed by atoms with Gasteiger partial charge >= 0.3 is 0 Å². The van der Waals surface area contributed by atoms with E-state index >= 15 is 0 Å². The highest BCUT2D eigenvalue weighted by Gasteiger charge is 2.35. The van der Waals surface area contributed by atoms with E-state index < -0.39 is 6.04 Å². The zero-order chi connectivity index (χ0) is 14.1. The first kappa shape index (κ1) is 12.7. The number of carbonyl (C=O) groups excluding carboxylic acids is 2. The number of pyridine rings is 1. The van der Waals surface area contributed by atoms with Crippen molar-refractivity contribution in [2.75, 3.05) is 7.05 Å². The smallest absolute Gasteiger partial charge is 0.246 e. The van der Waals surface area contributed by atoms with Gasteiger partial charge in [-0.15, -0.1) is 0 Å². The predicted molar refractivity (Wildman–Crippen MR) is 74.8 cm³/mol. The van der Waals surface area contributed by atoms with Crippen molar-refractivity contribution in [1.82, 2.24) is 15.2 Å². The number of rotatable bonds is 3. The molecule has 1 saturated heterocycles. The van der Waals surface area contributed by atoms with E-state index in [-0.39, 0.29) is 18.2 Å². The molecule has 1 aliphatic heterocycles. The van der Waals surface area contributed by atoms with Gasteiger partial charge in [0.2, 0.25) is 11.8 Å². The van der Waals surface area contributed by atoms with Crippen molar-refractivity contribution in [1.29, 1.82) is 0 Å². The Morgan fingerprint density at radius 1 is 1.30 bits per heavy atom. The number of nitrogens with zero attached hydrogens (tertiary/aromatic N) is 2. The largest absolute Gasteiger partial charge is 0.301 e. The minimum Gasteiger partial charge on any atom is -0.301 e. The van der Waals surface area contributed by atoms with Gasteiger partial charge in [0.15, 0.2) is 0 Å². The van der Waals surface area contributed by atoms with Gasteiger partial charge in [-0.2, -0.15) is 0 Å². The molecule has 0 saturated carbocycles. The summed E-state index contributed by atoms with van der Waals surface area (Å²) in [7, 11) is 1.52. The van der Waals surface area contributed by atoms with Crippen molar-refractivity contribution in [3.8, 4) is 0 Å². The van der Waals surface area contributed by atoms with Gasteiger partial charge in [-0.25, -0.2) is 0 Å². The van der Waals surface area contributed by atoms with Crippen molar-refractivity contribution in [2.45, 2.75) is 19.0 Å². The Morgan fingerprint density at radius 2 is 2.10 bits per heavy atom. The first-order chi connectivity index (χ1) is 9.66. The molecule has 1 N–H and O–H groups in total. The number of benzene rings is 1. The molecular weight excluding hydrogens is 254 g/mol. The maximum atomic E-state index is 11.8. The van der Waals surface area contributed by atoms with E-state index in [1.54, 1.807) is 6.20 Å². The molecule has 1 atom stereocenters. The second kappa shape index (κ2) is 5.02. The molecule has 5 nitrogen and oxygen atoms in total. The summed E-state index contributed by atoms with van der Waals surface area (Å²) >= 11 is 0. The SMILES string of the molecule is CN1C(=O)CC(NCc2cncc3ccccc23)C1=O. The molecule has 102 valence electrons. The van der Waals surface area contributed by atoms with E-state index in [0.29, 0.717) is 6.54 Å². The fourth-order valence-electron chi connectivity index (χ4n) is 2.47. The molecule has 0 spiro atoms. The fourth-order valence-corrected chi connectivity index (χ4v) is 2.47. The predicted octanol–water partition coefficient (Wildman–Crippen LogP) is 1.08. The van der Waals surface area contributed by atoms with Crippen LogP contribution in [0.5, 0.6) is 0 Å². The molecule has 1 aromatic heterocycles. The normalized spacial score (nSPS) is 19.1. The third-order valence-corrected chi connectivity index (χ3v) is 3.67. The summed E-state index contributed by atoms with van der Waals surface area (Å²) in [5.74, 6) is -0.299. The highest BCUT2D eigenvalue weighted by Crippen LogP contribution is 2.18. The van der Waals surface area contributed by atoms with E-state index in [4.69, 9.17) is 0 Å². The second-order valence-corrected chi connectivity index (χ2v) is 4.95. The molecule has 1 fully saturated rings. The molecular formula is C15H15N3O2. The Hall–Kier alpha value is -2.27. The number of hydrogen-bond acceptors (Lipinski definition) is 4. The number of fused-ring (bicyclic) bond motifs is 1. The lowest BCUT2D eigenvalue weighted by atomic mass is 10.1. The van der Waals surface area contributed by atoms with Crippen molar-refractivity contribution in [2.24, 2.45) is 0 Å². The van der Waals surface area contributed by atoms with Crippen molar-refractivity contribution >= 4 is 22.6 Å². The van der Waals surface area contributed by atoms with Crippen LogP contribution in [0.25, 0.3) is 10.8 Å². The maximum Gasteiger partial charge on any atom is 0.246 e. The van der Waals surface area contributed by atoms with Gasteiger partial charge in [0.25, 0.3) is 0 Å². The number of aromatic nitrogens is 1. The van der Waals surface area contributed by atoms with Gasteiger partial charge in [0.1, 0.15) is 0 Å². The number of hydrogen-bond donors (Lipinski definition) is 1. The van der Waals surface area contributed by atoms with Crippen LogP contribution in [0.2, 0.25) is 0 Å². The number of nitrogens with one attached hydrogen (secondary N) is 1. The van der Waals surface area contributed by atoms with Crippen molar-refractivity contribution in [3.63, 3.8) is 0 Å². The van der Waals surface area contributed by atoms with Crippen LogP contribution in [0.4, 0.5) is 0 Å². The third kappa shape index (κ3) is 2.16. The van der Waals surface area contributed by atoms with E-state index in [9.17, 15) is 9.59 Å². The summed E-state index contributed by atoms with van der Waals surface area (Å²) in [6.45, 7) is 0.520. The summed E-state index contributed by atoms with van der Waals surface area (Å²) in [5, 5.41) is 5.33.